The highest BCUT2D eigenvalue weighted by atomic mass is 16.4. The molecule has 0 saturated heterocycles. The number of aromatic nitrogens is 5. The van der Waals surface area contributed by atoms with Crippen molar-refractivity contribution in [2.45, 2.75) is 20.0 Å². The van der Waals surface area contributed by atoms with E-state index in [0.717, 1.165) is 23.1 Å². The first-order valence-corrected chi connectivity index (χ1v) is 6.27. The van der Waals surface area contributed by atoms with Crippen LogP contribution in [0.2, 0.25) is 0 Å². The monoisotopic (exact) mass is 271 g/mol. The van der Waals surface area contributed by atoms with Crippen LogP contribution in [0.15, 0.2) is 30.5 Å². The van der Waals surface area contributed by atoms with Crippen molar-refractivity contribution in [2.24, 2.45) is 0 Å². The van der Waals surface area contributed by atoms with Crippen LogP contribution in [0.4, 0.5) is 0 Å². The summed E-state index contributed by atoms with van der Waals surface area (Å²) in [4.78, 5) is 10.8. The Kier molecular flexibility index (Phi) is 2.94. The van der Waals surface area contributed by atoms with Crippen LogP contribution in [0, 0.1) is 0 Å². The van der Waals surface area contributed by atoms with Gasteiger partial charge in [-0.1, -0.05) is 23.4 Å². The number of benzene rings is 1. The Hall–Kier alpha value is -2.70. The molecule has 0 saturated carbocycles. The fraction of sp³-hybridized carbons (Fsp3) is 0.231. The molecule has 0 atom stereocenters. The molecule has 2 heterocycles. The van der Waals surface area contributed by atoms with Gasteiger partial charge in [-0.25, -0.2) is 9.48 Å². The van der Waals surface area contributed by atoms with E-state index in [1.165, 1.54) is 10.9 Å². The highest BCUT2D eigenvalue weighted by Crippen LogP contribution is 2.19. The molecule has 0 unspecified atom stereocenters. The summed E-state index contributed by atoms with van der Waals surface area (Å²) in [5.74, 6) is -1.08. The van der Waals surface area contributed by atoms with Crippen LogP contribution >= 0.6 is 0 Å². The van der Waals surface area contributed by atoms with Gasteiger partial charge >= 0.3 is 5.97 Å². The molecule has 0 radical (unpaired) electrons. The first-order chi connectivity index (χ1) is 9.69. The number of para-hydroxylation sites is 1. The van der Waals surface area contributed by atoms with E-state index < -0.39 is 5.97 Å². The van der Waals surface area contributed by atoms with Crippen molar-refractivity contribution in [3.63, 3.8) is 0 Å². The fourth-order valence-electron chi connectivity index (χ4n) is 2.18. The molecule has 20 heavy (non-hydrogen) atoms. The zero-order valence-electron chi connectivity index (χ0n) is 10.9. The Morgan fingerprint density at radius 3 is 2.85 bits per heavy atom. The number of hydrogen-bond acceptors (Lipinski definition) is 4. The van der Waals surface area contributed by atoms with Gasteiger partial charge in [0.15, 0.2) is 5.69 Å². The quantitative estimate of drug-likeness (QED) is 0.775. The third-order valence-electron chi connectivity index (χ3n) is 3.10. The fourth-order valence-corrected chi connectivity index (χ4v) is 2.18. The molecule has 1 N–H and O–H groups in total. The second-order valence-corrected chi connectivity index (χ2v) is 4.39. The van der Waals surface area contributed by atoms with Crippen LogP contribution in [0.1, 0.15) is 23.1 Å². The number of carbonyl (C=O) groups is 1. The zero-order valence-corrected chi connectivity index (χ0v) is 10.9. The number of nitrogens with zero attached hydrogens (tertiary/aromatic N) is 5. The minimum Gasteiger partial charge on any atom is -0.476 e. The van der Waals surface area contributed by atoms with Crippen molar-refractivity contribution in [1.29, 1.82) is 0 Å². The van der Waals surface area contributed by atoms with E-state index in [0.29, 0.717) is 6.54 Å². The topological polar surface area (TPSA) is 85.8 Å². The lowest BCUT2D eigenvalue weighted by molar-refractivity contribution is 0.0690. The number of fused-ring (bicyclic) bond motifs is 1. The summed E-state index contributed by atoms with van der Waals surface area (Å²) >= 11 is 0. The van der Waals surface area contributed by atoms with E-state index in [9.17, 15) is 4.79 Å². The Bertz CT molecular complexity index is 774. The van der Waals surface area contributed by atoms with Crippen LogP contribution in [-0.2, 0) is 13.1 Å². The molecule has 2 aromatic heterocycles. The van der Waals surface area contributed by atoms with Crippen LogP contribution in [0.3, 0.4) is 0 Å². The van der Waals surface area contributed by atoms with Gasteiger partial charge in [0, 0.05) is 11.9 Å². The van der Waals surface area contributed by atoms with E-state index in [1.807, 2.05) is 35.9 Å². The van der Waals surface area contributed by atoms with Gasteiger partial charge in [-0.3, -0.25) is 4.68 Å². The standard InChI is InChI=1S/C13H13N5O2/c1-2-18-12-6-4-3-5-9(12)10(15-18)7-17-8-11(13(19)20)14-16-17/h3-6,8H,2,7H2,1H3,(H,19,20). The maximum atomic E-state index is 10.8. The average Bonchev–Trinajstić information content (AvgIpc) is 3.05. The molecule has 0 aliphatic heterocycles. The second-order valence-electron chi connectivity index (χ2n) is 4.39. The van der Waals surface area contributed by atoms with Gasteiger partial charge in [-0.05, 0) is 13.0 Å². The molecule has 0 aliphatic carbocycles. The summed E-state index contributed by atoms with van der Waals surface area (Å²) in [7, 11) is 0. The summed E-state index contributed by atoms with van der Waals surface area (Å²) in [6.45, 7) is 3.20. The van der Waals surface area contributed by atoms with Crippen LogP contribution in [0.5, 0.6) is 0 Å². The van der Waals surface area contributed by atoms with E-state index in [1.54, 1.807) is 0 Å². The number of rotatable bonds is 4. The van der Waals surface area contributed by atoms with Gasteiger partial charge in [0.2, 0.25) is 0 Å². The molecule has 102 valence electrons. The lowest BCUT2D eigenvalue weighted by atomic mass is 10.2. The van der Waals surface area contributed by atoms with Gasteiger partial charge in [0.05, 0.1) is 24.0 Å². The Morgan fingerprint density at radius 1 is 1.35 bits per heavy atom. The minimum atomic E-state index is -1.08. The molecule has 0 bridgehead atoms. The highest BCUT2D eigenvalue weighted by Gasteiger charge is 2.12. The first kappa shape index (κ1) is 12.3. The smallest absolute Gasteiger partial charge is 0.358 e. The summed E-state index contributed by atoms with van der Waals surface area (Å²) in [6, 6.07) is 7.94. The molecule has 0 fully saturated rings. The molecular formula is C13H13N5O2. The lowest BCUT2D eigenvalue weighted by Gasteiger charge is -1.96. The molecule has 3 rings (SSSR count). The van der Waals surface area contributed by atoms with Crippen molar-refractivity contribution in [1.82, 2.24) is 24.8 Å². The summed E-state index contributed by atoms with van der Waals surface area (Å²) in [6.07, 6.45) is 1.40. The van der Waals surface area contributed by atoms with Gasteiger partial charge in [-0.15, -0.1) is 5.10 Å². The number of carboxylic acid groups (broad SMARTS) is 1. The largest absolute Gasteiger partial charge is 0.476 e. The molecule has 7 heteroatoms. The minimum absolute atomic E-state index is 0.0655. The third kappa shape index (κ3) is 2.03. The summed E-state index contributed by atoms with van der Waals surface area (Å²) in [5.41, 5.74) is 1.84. The van der Waals surface area contributed by atoms with Crippen molar-refractivity contribution in [3.8, 4) is 0 Å². The first-order valence-electron chi connectivity index (χ1n) is 6.27. The second kappa shape index (κ2) is 4.76. The number of aromatic carboxylic acids is 1. The number of hydrogen-bond donors (Lipinski definition) is 1. The lowest BCUT2D eigenvalue weighted by Crippen LogP contribution is -2.03. The Morgan fingerprint density at radius 2 is 2.15 bits per heavy atom. The molecule has 0 aliphatic rings. The zero-order chi connectivity index (χ0) is 14.1. The van der Waals surface area contributed by atoms with Crippen LogP contribution in [-0.4, -0.2) is 35.9 Å². The molecule has 1 aromatic carbocycles. The average molecular weight is 271 g/mol. The molecule has 3 aromatic rings. The predicted molar refractivity (Wildman–Crippen MR) is 71.5 cm³/mol. The third-order valence-corrected chi connectivity index (χ3v) is 3.10. The van der Waals surface area contributed by atoms with Gasteiger partial charge in [0.25, 0.3) is 0 Å². The van der Waals surface area contributed by atoms with E-state index in [-0.39, 0.29) is 5.69 Å². The molecule has 0 amide bonds. The number of aryl methyl sites for hydroxylation is 1. The summed E-state index contributed by atoms with van der Waals surface area (Å²) in [5, 5.41) is 21.8. The predicted octanol–water partition coefficient (Wildman–Crippen LogP) is 1.39. The van der Waals surface area contributed by atoms with E-state index >= 15 is 0 Å². The maximum absolute atomic E-state index is 10.8. The van der Waals surface area contributed by atoms with Gasteiger partial charge < -0.3 is 5.11 Å². The summed E-state index contributed by atoms with van der Waals surface area (Å²) < 4.78 is 3.40. The molecule has 0 spiro atoms. The number of carboxylic acids is 1. The normalized spacial score (nSPS) is 11.1. The van der Waals surface area contributed by atoms with Gasteiger partial charge in [0.1, 0.15) is 0 Å². The highest BCUT2D eigenvalue weighted by molar-refractivity contribution is 5.84. The maximum Gasteiger partial charge on any atom is 0.358 e. The van der Waals surface area contributed by atoms with Crippen LogP contribution < -0.4 is 0 Å². The molecule has 7 nitrogen and oxygen atoms in total. The van der Waals surface area contributed by atoms with Crippen molar-refractivity contribution >= 4 is 16.9 Å². The molecular weight excluding hydrogens is 258 g/mol. The van der Waals surface area contributed by atoms with Crippen LogP contribution in [0.25, 0.3) is 10.9 Å². The Labute approximate surface area is 114 Å². The van der Waals surface area contributed by atoms with Gasteiger partial charge in [-0.2, -0.15) is 5.10 Å². The van der Waals surface area contributed by atoms with Crippen molar-refractivity contribution in [2.75, 3.05) is 0 Å². The SMILES string of the molecule is CCn1nc(Cn2cc(C(=O)O)nn2)c2ccccc21. The van der Waals surface area contributed by atoms with E-state index in [2.05, 4.69) is 15.4 Å². The van der Waals surface area contributed by atoms with E-state index in [4.69, 9.17) is 5.11 Å². The van der Waals surface area contributed by atoms with Crippen molar-refractivity contribution < 1.29 is 9.90 Å². The Balaban J connectivity index is 1.99. The van der Waals surface area contributed by atoms with Crippen molar-refractivity contribution in [3.05, 3.63) is 41.9 Å².